The number of terminal acetylenes is 1. The van der Waals surface area contributed by atoms with E-state index in [0.29, 0.717) is 6.07 Å². The highest BCUT2D eigenvalue weighted by Crippen LogP contribution is 2.09. The Kier molecular flexibility index (Phi) is 5.48. The minimum absolute atomic E-state index is 0.0287. The van der Waals surface area contributed by atoms with Crippen molar-refractivity contribution in [3.63, 3.8) is 0 Å². The number of esters is 1. The lowest BCUT2D eigenvalue weighted by Gasteiger charge is -2.05. The molecule has 0 saturated carbocycles. The topological polar surface area (TPSA) is 55.4 Å². The Morgan fingerprint density at radius 1 is 1.37 bits per heavy atom. The van der Waals surface area contributed by atoms with Crippen LogP contribution in [0, 0.1) is 24.0 Å². The quantitative estimate of drug-likeness (QED) is 0.645. The van der Waals surface area contributed by atoms with Gasteiger partial charge in [0.1, 0.15) is 11.6 Å². The Bertz CT molecular complexity index is 523. The zero-order chi connectivity index (χ0) is 14.3. The minimum Gasteiger partial charge on any atom is -0.452 e. The Morgan fingerprint density at radius 3 is 2.74 bits per heavy atom. The van der Waals surface area contributed by atoms with Gasteiger partial charge in [-0.15, -0.1) is 6.42 Å². The highest BCUT2D eigenvalue weighted by molar-refractivity contribution is 5.94. The van der Waals surface area contributed by atoms with Crippen LogP contribution < -0.4 is 5.32 Å². The van der Waals surface area contributed by atoms with Crippen LogP contribution >= 0.6 is 0 Å². The van der Waals surface area contributed by atoms with E-state index in [9.17, 15) is 18.4 Å². The van der Waals surface area contributed by atoms with Crippen LogP contribution in [-0.4, -0.2) is 25.0 Å². The number of amides is 1. The molecule has 1 amide bonds. The van der Waals surface area contributed by atoms with Gasteiger partial charge >= 0.3 is 5.97 Å². The van der Waals surface area contributed by atoms with Gasteiger partial charge < -0.3 is 10.1 Å². The zero-order valence-corrected chi connectivity index (χ0v) is 9.91. The predicted molar refractivity (Wildman–Crippen MR) is 63.1 cm³/mol. The first kappa shape index (κ1) is 14.6. The standard InChI is InChI=1S/C13H11F2NO3/c1-2-7-19-12(17)5-6-16-13(18)10-4-3-9(14)8-11(10)15/h1,3-4,8H,5-7H2,(H,16,18). The number of hydrogen-bond donors (Lipinski definition) is 1. The van der Waals surface area contributed by atoms with E-state index in [0.717, 1.165) is 12.1 Å². The summed E-state index contributed by atoms with van der Waals surface area (Å²) < 4.78 is 30.4. The van der Waals surface area contributed by atoms with Crippen LogP contribution in [0.5, 0.6) is 0 Å². The lowest BCUT2D eigenvalue weighted by atomic mass is 10.2. The van der Waals surface area contributed by atoms with Gasteiger partial charge in [0.05, 0.1) is 12.0 Å². The Morgan fingerprint density at radius 2 is 2.11 bits per heavy atom. The van der Waals surface area contributed by atoms with E-state index >= 15 is 0 Å². The molecule has 1 rings (SSSR count). The first-order valence-electron chi connectivity index (χ1n) is 5.37. The lowest BCUT2D eigenvalue weighted by molar-refractivity contribution is -0.141. The van der Waals surface area contributed by atoms with Crippen LogP contribution in [0.4, 0.5) is 8.78 Å². The van der Waals surface area contributed by atoms with E-state index in [2.05, 4.69) is 16.0 Å². The summed E-state index contributed by atoms with van der Waals surface area (Å²) in [6, 6.07) is 2.60. The molecule has 4 nitrogen and oxygen atoms in total. The molecule has 1 aromatic carbocycles. The number of rotatable bonds is 5. The summed E-state index contributed by atoms with van der Waals surface area (Å²) in [5, 5.41) is 2.31. The minimum atomic E-state index is -0.965. The van der Waals surface area contributed by atoms with Crippen molar-refractivity contribution < 1.29 is 23.1 Å². The molecule has 100 valence electrons. The fourth-order valence-corrected chi connectivity index (χ4v) is 1.24. The summed E-state index contributed by atoms with van der Waals surface area (Å²) in [6.45, 7) is -0.168. The molecule has 0 saturated heterocycles. The SMILES string of the molecule is C#CCOC(=O)CCNC(=O)c1ccc(F)cc1F. The van der Waals surface area contributed by atoms with Gasteiger partial charge in [-0.25, -0.2) is 8.78 Å². The predicted octanol–water partition coefficient (Wildman–Crippen LogP) is 1.26. The molecule has 0 bridgehead atoms. The molecule has 0 unspecified atom stereocenters. The zero-order valence-electron chi connectivity index (χ0n) is 9.91. The highest BCUT2D eigenvalue weighted by Gasteiger charge is 2.12. The number of hydrogen-bond acceptors (Lipinski definition) is 3. The number of ether oxygens (including phenoxy) is 1. The van der Waals surface area contributed by atoms with Gasteiger partial charge in [0.2, 0.25) is 0 Å². The molecule has 0 aliphatic rings. The third-order valence-electron chi connectivity index (χ3n) is 2.11. The molecule has 19 heavy (non-hydrogen) atoms. The van der Waals surface area contributed by atoms with E-state index < -0.39 is 23.5 Å². The molecule has 6 heteroatoms. The Hall–Kier alpha value is -2.42. The molecule has 0 fully saturated rings. The smallest absolute Gasteiger partial charge is 0.308 e. The molecule has 1 aromatic rings. The van der Waals surface area contributed by atoms with E-state index in [1.54, 1.807) is 0 Å². The summed E-state index contributed by atoms with van der Waals surface area (Å²) >= 11 is 0. The fourth-order valence-electron chi connectivity index (χ4n) is 1.24. The van der Waals surface area contributed by atoms with Crippen LogP contribution in [-0.2, 0) is 9.53 Å². The summed E-state index contributed by atoms with van der Waals surface area (Å²) in [4.78, 5) is 22.6. The second-order valence-corrected chi connectivity index (χ2v) is 3.49. The van der Waals surface area contributed by atoms with Crippen molar-refractivity contribution >= 4 is 11.9 Å². The lowest BCUT2D eigenvalue weighted by Crippen LogP contribution is -2.27. The summed E-state index contributed by atoms with van der Waals surface area (Å²) in [5.74, 6) is -0.921. The van der Waals surface area contributed by atoms with Crippen LogP contribution in [0.3, 0.4) is 0 Å². The third-order valence-corrected chi connectivity index (χ3v) is 2.11. The molecule has 1 N–H and O–H groups in total. The van der Waals surface area contributed by atoms with Gasteiger partial charge in [-0.2, -0.15) is 0 Å². The van der Waals surface area contributed by atoms with E-state index in [1.165, 1.54) is 0 Å². The monoisotopic (exact) mass is 267 g/mol. The molecule has 0 heterocycles. The normalized spacial score (nSPS) is 9.53. The van der Waals surface area contributed by atoms with E-state index in [-0.39, 0.29) is 25.1 Å². The van der Waals surface area contributed by atoms with Gasteiger partial charge in [0.25, 0.3) is 5.91 Å². The maximum atomic E-state index is 13.2. The van der Waals surface area contributed by atoms with Crippen LogP contribution in [0.1, 0.15) is 16.8 Å². The second-order valence-electron chi connectivity index (χ2n) is 3.49. The molecule has 0 aliphatic heterocycles. The Labute approximate surface area is 108 Å². The van der Waals surface area contributed by atoms with Gasteiger partial charge in [-0.3, -0.25) is 9.59 Å². The van der Waals surface area contributed by atoms with Gasteiger partial charge in [0.15, 0.2) is 6.61 Å². The van der Waals surface area contributed by atoms with Gasteiger partial charge in [0, 0.05) is 12.6 Å². The first-order chi connectivity index (χ1) is 9.04. The van der Waals surface area contributed by atoms with Crippen LogP contribution in [0.25, 0.3) is 0 Å². The number of benzene rings is 1. The first-order valence-corrected chi connectivity index (χ1v) is 5.37. The number of carbonyl (C=O) groups excluding carboxylic acids is 2. The van der Waals surface area contributed by atoms with Gasteiger partial charge in [-0.1, -0.05) is 5.92 Å². The van der Waals surface area contributed by atoms with Crippen molar-refractivity contribution in [2.75, 3.05) is 13.2 Å². The summed E-state index contributed by atoms with van der Waals surface area (Å²) in [7, 11) is 0. The van der Waals surface area contributed by atoms with Crippen molar-refractivity contribution in [1.82, 2.24) is 5.32 Å². The number of halogens is 2. The van der Waals surface area contributed by atoms with Crippen molar-refractivity contribution in [2.24, 2.45) is 0 Å². The third kappa shape index (κ3) is 4.76. The van der Waals surface area contributed by atoms with Crippen molar-refractivity contribution in [3.8, 4) is 12.3 Å². The van der Waals surface area contributed by atoms with Gasteiger partial charge in [-0.05, 0) is 12.1 Å². The summed E-state index contributed by atoms with van der Waals surface area (Å²) in [6.07, 6.45) is 4.80. The molecular weight excluding hydrogens is 256 g/mol. The van der Waals surface area contributed by atoms with Crippen LogP contribution in [0.2, 0.25) is 0 Å². The molecule has 0 spiro atoms. The number of carbonyl (C=O) groups is 2. The average molecular weight is 267 g/mol. The van der Waals surface area contributed by atoms with E-state index in [1.807, 2.05) is 0 Å². The fraction of sp³-hybridized carbons (Fsp3) is 0.231. The van der Waals surface area contributed by atoms with E-state index in [4.69, 9.17) is 6.42 Å². The Balaban J connectivity index is 2.44. The largest absolute Gasteiger partial charge is 0.452 e. The molecule has 0 aromatic heterocycles. The molecular formula is C13H11F2NO3. The summed E-state index contributed by atoms with van der Waals surface area (Å²) in [5.41, 5.74) is -0.293. The second kappa shape index (κ2) is 7.11. The average Bonchev–Trinajstić information content (AvgIpc) is 2.36. The maximum absolute atomic E-state index is 13.2. The molecule has 0 aliphatic carbocycles. The maximum Gasteiger partial charge on any atom is 0.308 e. The van der Waals surface area contributed by atoms with Crippen molar-refractivity contribution in [2.45, 2.75) is 6.42 Å². The highest BCUT2D eigenvalue weighted by atomic mass is 19.1. The van der Waals surface area contributed by atoms with Crippen molar-refractivity contribution in [3.05, 3.63) is 35.4 Å². The molecule has 0 radical (unpaired) electrons. The number of nitrogens with one attached hydrogen (secondary N) is 1. The van der Waals surface area contributed by atoms with Crippen LogP contribution in [0.15, 0.2) is 18.2 Å². The molecule has 0 atom stereocenters. The van der Waals surface area contributed by atoms with Crippen molar-refractivity contribution in [1.29, 1.82) is 0 Å².